The molecule has 0 bridgehead atoms. The first-order valence-electron chi connectivity index (χ1n) is 8.87. The van der Waals surface area contributed by atoms with Gasteiger partial charge in [0, 0.05) is 32.1 Å². The molecule has 0 aliphatic heterocycles. The molecule has 0 aliphatic rings. The van der Waals surface area contributed by atoms with Crippen LogP contribution < -0.4 is 5.32 Å². The van der Waals surface area contributed by atoms with Crippen LogP contribution in [0.15, 0.2) is 53.9 Å². The Kier molecular flexibility index (Phi) is 7.56. The standard InChI is InChI=1S/C22H16Cl3NO3S/c1-2-29-22(28)20-17(13-3-7-15(23)8-4-13)12-30-21(20)26-19(27)10-6-14-5-9-16(24)11-18(14)25/h3-12H,2H2,1H3,(H,26,27). The van der Waals surface area contributed by atoms with E-state index in [0.29, 0.717) is 36.8 Å². The minimum absolute atomic E-state index is 0.219. The number of halogens is 3. The van der Waals surface area contributed by atoms with E-state index in [4.69, 9.17) is 39.5 Å². The zero-order valence-corrected chi connectivity index (χ0v) is 18.8. The third-order valence-corrected chi connectivity index (χ3v) is 5.75. The van der Waals surface area contributed by atoms with Crippen LogP contribution in [0.25, 0.3) is 17.2 Å². The zero-order chi connectivity index (χ0) is 21.7. The average molecular weight is 481 g/mol. The Morgan fingerprint density at radius 2 is 1.77 bits per heavy atom. The fourth-order valence-electron chi connectivity index (χ4n) is 2.65. The monoisotopic (exact) mass is 479 g/mol. The third kappa shape index (κ3) is 5.43. The molecule has 1 aromatic heterocycles. The highest BCUT2D eigenvalue weighted by Crippen LogP contribution is 2.36. The lowest BCUT2D eigenvalue weighted by Gasteiger charge is -2.08. The highest BCUT2D eigenvalue weighted by atomic mass is 35.5. The summed E-state index contributed by atoms with van der Waals surface area (Å²) in [7, 11) is 0. The van der Waals surface area contributed by atoms with Gasteiger partial charge in [0.2, 0.25) is 5.91 Å². The highest BCUT2D eigenvalue weighted by Gasteiger charge is 2.22. The van der Waals surface area contributed by atoms with E-state index in [2.05, 4.69) is 5.32 Å². The number of amides is 1. The molecule has 0 saturated heterocycles. The van der Waals surface area contributed by atoms with E-state index in [1.165, 1.54) is 17.4 Å². The van der Waals surface area contributed by atoms with Gasteiger partial charge in [0.1, 0.15) is 10.6 Å². The summed E-state index contributed by atoms with van der Waals surface area (Å²) in [5.74, 6) is -0.917. The van der Waals surface area contributed by atoms with Crippen LogP contribution in [0, 0.1) is 0 Å². The van der Waals surface area contributed by atoms with Crippen molar-refractivity contribution in [2.45, 2.75) is 6.92 Å². The summed E-state index contributed by atoms with van der Waals surface area (Å²) >= 11 is 19.2. The molecule has 0 saturated carbocycles. The van der Waals surface area contributed by atoms with E-state index in [1.807, 2.05) is 0 Å². The SMILES string of the molecule is CCOC(=O)c1c(-c2ccc(Cl)cc2)csc1NC(=O)C=Cc1ccc(Cl)cc1Cl. The van der Waals surface area contributed by atoms with E-state index in [1.54, 1.807) is 60.8 Å². The smallest absolute Gasteiger partial charge is 0.341 e. The van der Waals surface area contributed by atoms with Gasteiger partial charge in [0.15, 0.2) is 0 Å². The van der Waals surface area contributed by atoms with Crippen molar-refractivity contribution >= 4 is 69.1 Å². The fourth-order valence-corrected chi connectivity index (χ4v) is 4.21. The number of nitrogens with one attached hydrogen (secondary N) is 1. The van der Waals surface area contributed by atoms with Crippen molar-refractivity contribution in [2.24, 2.45) is 0 Å². The van der Waals surface area contributed by atoms with Gasteiger partial charge in [-0.15, -0.1) is 11.3 Å². The molecule has 4 nitrogen and oxygen atoms in total. The molecular formula is C22H16Cl3NO3S. The zero-order valence-electron chi connectivity index (χ0n) is 15.7. The molecule has 0 atom stereocenters. The van der Waals surface area contributed by atoms with E-state index >= 15 is 0 Å². The van der Waals surface area contributed by atoms with Crippen LogP contribution in [-0.4, -0.2) is 18.5 Å². The molecule has 0 aliphatic carbocycles. The summed E-state index contributed by atoms with van der Waals surface area (Å²) in [6, 6.07) is 12.1. The largest absolute Gasteiger partial charge is 0.462 e. The van der Waals surface area contributed by atoms with Crippen molar-refractivity contribution in [3.05, 3.63) is 80.1 Å². The van der Waals surface area contributed by atoms with Crippen molar-refractivity contribution in [1.29, 1.82) is 0 Å². The number of ether oxygens (including phenoxy) is 1. The molecule has 154 valence electrons. The van der Waals surface area contributed by atoms with Crippen LogP contribution in [0.4, 0.5) is 5.00 Å². The summed E-state index contributed by atoms with van der Waals surface area (Å²) in [6.45, 7) is 1.94. The number of hydrogen-bond acceptors (Lipinski definition) is 4. The molecule has 0 fully saturated rings. The summed E-state index contributed by atoms with van der Waals surface area (Å²) in [5, 5.41) is 6.47. The summed E-state index contributed by atoms with van der Waals surface area (Å²) < 4.78 is 5.19. The number of rotatable bonds is 6. The lowest BCUT2D eigenvalue weighted by Crippen LogP contribution is -2.12. The molecule has 1 amide bonds. The minimum atomic E-state index is -0.510. The molecular weight excluding hydrogens is 465 g/mol. The first-order chi connectivity index (χ1) is 14.4. The topological polar surface area (TPSA) is 55.4 Å². The van der Waals surface area contributed by atoms with Crippen molar-refractivity contribution in [1.82, 2.24) is 0 Å². The second-order valence-electron chi connectivity index (χ2n) is 6.07. The van der Waals surface area contributed by atoms with Gasteiger partial charge < -0.3 is 10.1 Å². The van der Waals surface area contributed by atoms with Crippen LogP contribution in [0.2, 0.25) is 15.1 Å². The Balaban J connectivity index is 1.87. The van der Waals surface area contributed by atoms with E-state index in [-0.39, 0.29) is 6.61 Å². The molecule has 3 aromatic rings. The van der Waals surface area contributed by atoms with Crippen LogP contribution in [0.1, 0.15) is 22.8 Å². The van der Waals surface area contributed by atoms with Crippen molar-refractivity contribution in [3.8, 4) is 11.1 Å². The Morgan fingerprint density at radius 1 is 1.07 bits per heavy atom. The first-order valence-corrected chi connectivity index (χ1v) is 10.9. The molecule has 0 spiro atoms. The van der Waals surface area contributed by atoms with Crippen LogP contribution >= 0.6 is 46.1 Å². The Bertz CT molecular complexity index is 1110. The average Bonchev–Trinajstić information content (AvgIpc) is 3.11. The quantitative estimate of drug-likeness (QED) is 0.300. The van der Waals surface area contributed by atoms with Crippen molar-refractivity contribution in [3.63, 3.8) is 0 Å². The Hall–Kier alpha value is -2.31. The van der Waals surface area contributed by atoms with E-state index < -0.39 is 11.9 Å². The third-order valence-electron chi connectivity index (χ3n) is 4.04. The maximum absolute atomic E-state index is 12.6. The van der Waals surface area contributed by atoms with Gasteiger partial charge in [0.05, 0.1) is 6.61 Å². The second-order valence-corrected chi connectivity index (χ2v) is 8.23. The van der Waals surface area contributed by atoms with Gasteiger partial charge in [-0.2, -0.15) is 0 Å². The number of hydrogen-bond donors (Lipinski definition) is 1. The number of carbonyl (C=O) groups excluding carboxylic acids is 2. The molecule has 0 unspecified atom stereocenters. The van der Waals surface area contributed by atoms with Gasteiger partial charge >= 0.3 is 5.97 Å². The second kappa shape index (κ2) is 10.1. The molecule has 2 aromatic carbocycles. The molecule has 8 heteroatoms. The van der Waals surface area contributed by atoms with Crippen molar-refractivity contribution in [2.75, 3.05) is 11.9 Å². The molecule has 0 radical (unpaired) electrons. The Morgan fingerprint density at radius 3 is 2.43 bits per heavy atom. The number of esters is 1. The van der Waals surface area contributed by atoms with Crippen LogP contribution in [0.3, 0.4) is 0 Å². The van der Waals surface area contributed by atoms with Gasteiger partial charge in [-0.3, -0.25) is 4.79 Å². The number of carbonyl (C=O) groups is 2. The highest BCUT2D eigenvalue weighted by molar-refractivity contribution is 7.15. The predicted octanol–water partition coefficient (Wildman–Crippen LogP) is 7.20. The van der Waals surface area contributed by atoms with Gasteiger partial charge in [-0.1, -0.05) is 53.0 Å². The maximum Gasteiger partial charge on any atom is 0.341 e. The summed E-state index contributed by atoms with van der Waals surface area (Å²) in [5.41, 5.74) is 2.41. The normalized spacial score (nSPS) is 10.9. The molecule has 30 heavy (non-hydrogen) atoms. The summed E-state index contributed by atoms with van der Waals surface area (Å²) in [4.78, 5) is 25.0. The van der Waals surface area contributed by atoms with Crippen LogP contribution in [-0.2, 0) is 9.53 Å². The van der Waals surface area contributed by atoms with Crippen LogP contribution in [0.5, 0.6) is 0 Å². The molecule has 1 heterocycles. The molecule has 1 N–H and O–H groups in total. The minimum Gasteiger partial charge on any atom is -0.462 e. The summed E-state index contributed by atoms with van der Waals surface area (Å²) in [6.07, 6.45) is 2.91. The van der Waals surface area contributed by atoms with Gasteiger partial charge in [0.25, 0.3) is 0 Å². The van der Waals surface area contributed by atoms with Gasteiger partial charge in [-0.05, 0) is 48.4 Å². The van der Waals surface area contributed by atoms with Crippen molar-refractivity contribution < 1.29 is 14.3 Å². The molecule has 3 rings (SSSR count). The number of thiophene rings is 1. The maximum atomic E-state index is 12.6. The van der Waals surface area contributed by atoms with Gasteiger partial charge in [-0.25, -0.2) is 4.79 Å². The Labute approximate surface area is 193 Å². The first kappa shape index (κ1) is 22.4. The fraction of sp³-hybridized carbons (Fsp3) is 0.0909. The predicted molar refractivity (Wildman–Crippen MR) is 125 cm³/mol. The number of anilines is 1. The lowest BCUT2D eigenvalue weighted by molar-refractivity contribution is -0.111. The lowest BCUT2D eigenvalue weighted by atomic mass is 10.0. The van der Waals surface area contributed by atoms with E-state index in [0.717, 1.165) is 5.56 Å². The van der Waals surface area contributed by atoms with E-state index in [9.17, 15) is 9.59 Å². The number of benzene rings is 2.